The van der Waals surface area contributed by atoms with Gasteiger partial charge in [-0.25, -0.2) is 0 Å². The highest BCUT2D eigenvalue weighted by molar-refractivity contribution is 6.30. The third kappa shape index (κ3) is 6.49. The number of benzene rings is 1. The van der Waals surface area contributed by atoms with E-state index in [9.17, 15) is 14.4 Å². The van der Waals surface area contributed by atoms with E-state index in [1.54, 1.807) is 24.3 Å². The van der Waals surface area contributed by atoms with E-state index in [1.807, 2.05) is 0 Å². The Kier molecular flexibility index (Phi) is 9.02. The summed E-state index contributed by atoms with van der Waals surface area (Å²) in [7, 11) is 0. The molecule has 0 saturated carbocycles. The summed E-state index contributed by atoms with van der Waals surface area (Å²) in [5.74, 6) is -2.74. The molecule has 0 radical (unpaired) electrons. The van der Waals surface area contributed by atoms with Gasteiger partial charge in [0, 0.05) is 12.1 Å². The predicted molar refractivity (Wildman–Crippen MR) is 108 cm³/mol. The summed E-state index contributed by atoms with van der Waals surface area (Å²) in [4.78, 5) is 36.9. The van der Waals surface area contributed by atoms with Crippen LogP contribution >= 0.6 is 0 Å². The molecule has 1 aromatic carbocycles. The van der Waals surface area contributed by atoms with Crippen molar-refractivity contribution in [2.24, 2.45) is 5.92 Å². The summed E-state index contributed by atoms with van der Waals surface area (Å²) >= 11 is 0. The molecular weight excluding hydrogens is 340 g/mol. The number of para-hydroxylation sites is 1. The zero-order valence-corrected chi connectivity index (χ0v) is 16.4. The number of hydrogen-bond donors (Lipinski definition) is 2. The van der Waals surface area contributed by atoms with Crippen molar-refractivity contribution in [1.29, 1.82) is 0 Å². The molecule has 1 heterocycles. The van der Waals surface area contributed by atoms with Gasteiger partial charge in [-0.15, -0.1) is 0 Å². The van der Waals surface area contributed by atoms with Crippen molar-refractivity contribution in [1.82, 2.24) is 5.32 Å². The van der Waals surface area contributed by atoms with E-state index < -0.39 is 23.5 Å². The van der Waals surface area contributed by atoms with Crippen molar-refractivity contribution in [2.45, 2.75) is 71.1 Å². The van der Waals surface area contributed by atoms with Crippen LogP contribution < -0.4 is 10.6 Å². The molecule has 0 spiro atoms. The van der Waals surface area contributed by atoms with Crippen molar-refractivity contribution in [2.75, 3.05) is 11.9 Å². The van der Waals surface area contributed by atoms with Crippen LogP contribution in [0.4, 0.5) is 5.69 Å². The maximum Gasteiger partial charge on any atom is 0.244 e. The number of Topliss-reactive ketones (excluding diaryl/α,β-unsaturated/α-hetero) is 1. The van der Waals surface area contributed by atoms with E-state index in [0.29, 0.717) is 17.8 Å². The summed E-state index contributed by atoms with van der Waals surface area (Å²) in [6.07, 6.45) is 12.2. The van der Waals surface area contributed by atoms with Gasteiger partial charge < -0.3 is 10.6 Å². The minimum Gasteiger partial charge on any atom is -0.355 e. The smallest absolute Gasteiger partial charge is 0.244 e. The molecule has 1 unspecified atom stereocenters. The zero-order chi connectivity index (χ0) is 19.5. The number of ketones is 1. The molecule has 5 nitrogen and oxygen atoms in total. The molecule has 2 amide bonds. The molecule has 1 aliphatic rings. The molecule has 5 heteroatoms. The Morgan fingerprint density at radius 3 is 2.19 bits per heavy atom. The number of carbonyl (C=O) groups is 3. The number of rotatable bonds is 12. The van der Waals surface area contributed by atoms with Crippen LogP contribution in [-0.2, 0) is 9.59 Å². The molecule has 2 N–H and O–H groups in total. The number of unbranched alkanes of at least 4 members (excludes halogenated alkanes) is 9. The van der Waals surface area contributed by atoms with E-state index in [4.69, 9.17) is 0 Å². The Bertz CT molecular complexity index is 642. The van der Waals surface area contributed by atoms with E-state index in [2.05, 4.69) is 17.6 Å². The fourth-order valence-electron chi connectivity index (χ4n) is 3.45. The topological polar surface area (TPSA) is 75.3 Å². The van der Waals surface area contributed by atoms with E-state index in [0.717, 1.165) is 12.8 Å². The van der Waals surface area contributed by atoms with Crippen LogP contribution in [0.15, 0.2) is 24.3 Å². The van der Waals surface area contributed by atoms with Gasteiger partial charge in [-0.05, 0) is 18.6 Å². The molecule has 2 rings (SSSR count). The molecular formula is C22H32N2O3. The van der Waals surface area contributed by atoms with Crippen LogP contribution in [0.2, 0.25) is 0 Å². The summed E-state index contributed by atoms with van der Waals surface area (Å²) in [5, 5.41) is 5.39. The fourth-order valence-corrected chi connectivity index (χ4v) is 3.45. The van der Waals surface area contributed by atoms with Gasteiger partial charge in [0.2, 0.25) is 11.8 Å². The number of carbonyl (C=O) groups excluding carboxylic acids is 3. The van der Waals surface area contributed by atoms with Gasteiger partial charge in [-0.1, -0.05) is 76.8 Å². The van der Waals surface area contributed by atoms with Crippen LogP contribution in [0, 0.1) is 5.92 Å². The number of hydrogen-bond acceptors (Lipinski definition) is 3. The minimum absolute atomic E-state index is 0.399. The first-order valence-electron chi connectivity index (χ1n) is 10.4. The molecule has 0 fully saturated rings. The summed E-state index contributed by atoms with van der Waals surface area (Å²) in [5.41, 5.74) is 0.877. The van der Waals surface area contributed by atoms with Crippen LogP contribution in [0.3, 0.4) is 0 Å². The Hall–Kier alpha value is -2.17. The lowest BCUT2D eigenvalue weighted by molar-refractivity contribution is -0.130. The van der Waals surface area contributed by atoms with Crippen LogP contribution in [0.25, 0.3) is 0 Å². The Morgan fingerprint density at radius 2 is 1.52 bits per heavy atom. The standard InChI is InChI=1S/C22H32N2O3/c1-2-3-4-5-6-7-8-9-10-13-16-23-21(26)19-20(25)17-14-11-12-15-18(17)24-22(19)27/h11-12,14-15,19H,2-10,13,16H2,1H3,(H,23,26)(H,24,27). The second kappa shape index (κ2) is 11.5. The molecule has 0 saturated heterocycles. The molecule has 27 heavy (non-hydrogen) atoms. The van der Waals surface area contributed by atoms with E-state index in [1.165, 1.54) is 51.4 Å². The molecule has 1 atom stereocenters. The molecule has 1 aromatic rings. The van der Waals surface area contributed by atoms with E-state index in [-0.39, 0.29) is 0 Å². The third-order valence-electron chi connectivity index (χ3n) is 5.07. The highest BCUT2D eigenvalue weighted by Gasteiger charge is 2.39. The molecule has 0 aliphatic carbocycles. The summed E-state index contributed by atoms with van der Waals surface area (Å²) in [6, 6.07) is 6.79. The number of fused-ring (bicyclic) bond motifs is 1. The van der Waals surface area contributed by atoms with Gasteiger partial charge in [0.05, 0.1) is 5.69 Å². The maximum absolute atomic E-state index is 12.4. The van der Waals surface area contributed by atoms with E-state index >= 15 is 0 Å². The van der Waals surface area contributed by atoms with Crippen LogP contribution in [0.1, 0.15) is 81.5 Å². The molecule has 1 aliphatic heterocycles. The lowest BCUT2D eigenvalue weighted by atomic mass is 9.91. The normalized spacial score (nSPS) is 16.0. The maximum atomic E-state index is 12.4. The van der Waals surface area contributed by atoms with Gasteiger partial charge in [0.1, 0.15) is 0 Å². The first-order chi connectivity index (χ1) is 13.1. The first kappa shape index (κ1) is 21.1. The SMILES string of the molecule is CCCCCCCCCCCCNC(=O)C1C(=O)Nc2ccccc2C1=O. The third-order valence-corrected chi connectivity index (χ3v) is 5.07. The van der Waals surface area contributed by atoms with Crippen LogP contribution in [-0.4, -0.2) is 24.1 Å². The van der Waals surface area contributed by atoms with Crippen molar-refractivity contribution < 1.29 is 14.4 Å². The van der Waals surface area contributed by atoms with Crippen molar-refractivity contribution in [3.8, 4) is 0 Å². The van der Waals surface area contributed by atoms with Gasteiger partial charge in [-0.2, -0.15) is 0 Å². The summed E-state index contributed by atoms with van der Waals surface area (Å²) in [6.45, 7) is 2.74. The van der Waals surface area contributed by atoms with Crippen LogP contribution in [0.5, 0.6) is 0 Å². The quantitative estimate of drug-likeness (QED) is 0.420. The average molecular weight is 373 g/mol. The zero-order valence-electron chi connectivity index (χ0n) is 16.4. The number of amides is 2. The number of anilines is 1. The first-order valence-corrected chi connectivity index (χ1v) is 10.4. The lowest BCUT2D eigenvalue weighted by Crippen LogP contribution is -2.45. The van der Waals surface area contributed by atoms with Gasteiger partial charge in [0.15, 0.2) is 11.7 Å². The Labute approximate surface area is 162 Å². The highest BCUT2D eigenvalue weighted by atomic mass is 16.2. The largest absolute Gasteiger partial charge is 0.355 e. The molecule has 0 bridgehead atoms. The number of nitrogens with one attached hydrogen (secondary N) is 2. The summed E-state index contributed by atoms with van der Waals surface area (Å²) < 4.78 is 0. The van der Waals surface area contributed by atoms with Gasteiger partial charge >= 0.3 is 0 Å². The average Bonchev–Trinajstić information content (AvgIpc) is 2.66. The van der Waals surface area contributed by atoms with Gasteiger partial charge in [-0.3, -0.25) is 14.4 Å². The van der Waals surface area contributed by atoms with Crippen molar-refractivity contribution in [3.05, 3.63) is 29.8 Å². The Morgan fingerprint density at radius 1 is 0.926 bits per heavy atom. The molecule has 0 aromatic heterocycles. The lowest BCUT2D eigenvalue weighted by Gasteiger charge is -2.22. The predicted octanol–water partition coefficient (Wildman–Crippen LogP) is 4.47. The van der Waals surface area contributed by atoms with Gasteiger partial charge in [0.25, 0.3) is 0 Å². The monoisotopic (exact) mass is 372 g/mol. The van der Waals surface area contributed by atoms with Crippen molar-refractivity contribution in [3.63, 3.8) is 0 Å². The Balaban J connectivity index is 1.61. The highest BCUT2D eigenvalue weighted by Crippen LogP contribution is 2.25. The second-order valence-corrected chi connectivity index (χ2v) is 7.31. The minimum atomic E-state index is -1.27. The second-order valence-electron chi connectivity index (χ2n) is 7.31. The fraction of sp³-hybridized carbons (Fsp3) is 0.591. The van der Waals surface area contributed by atoms with Crippen molar-refractivity contribution >= 4 is 23.3 Å². The molecule has 148 valence electrons.